The van der Waals surface area contributed by atoms with Gasteiger partial charge in [0, 0.05) is 13.0 Å². The second-order valence-corrected chi connectivity index (χ2v) is 9.35. The zero-order chi connectivity index (χ0) is 23.4. The summed E-state index contributed by atoms with van der Waals surface area (Å²) in [6.07, 6.45) is 3.28. The number of hydrogen-bond acceptors (Lipinski definition) is 4. The van der Waals surface area contributed by atoms with E-state index in [1.165, 1.54) is 29.3 Å². The zero-order valence-electron chi connectivity index (χ0n) is 18.4. The Balaban J connectivity index is 1.43. The average molecular weight is 479 g/mol. The summed E-state index contributed by atoms with van der Waals surface area (Å²) in [4.78, 5) is 15.2. The molecule has 0 saturated carbocycles. The summed E-state index contributed by atoms with van der Waals surface area (Å²) in [5, 5.41) is 14.1. The van der Waals surface area contributed by atoms with Crippen molar-refractivity contribution in [2.24, 2.45) is 5.92 Å². The van der Waals surface area contributed by atoms with Crippen molar-refractivity contribution in [2.45, 2.75) is 50.9 Å². The molecule has 1 heterocycles. The molecule has 1 aliphatic heterocycles. The number of nitrogens with one attached hydrogen (secondary N) is 1. The van der Waals surface area contributed by atoms with Crippen LogP contribution in [0.15, 0.2) is 42.5 Å². The number of benzene rings is 2. The van der Waals surface area contributed by atoms with E-state index >= 15 is 0 Å². The summed E-state index contributed by atoms with van der Waals surface area (Å²) in [6.45, 7) is -0.648. The molecule has 1 saturated heterocycles. The summed E-state index contributed by atoms with van der Waals surface area (Å²) in [5.74, 6) is -0.00412. The predicted octanol–water partition coefficient (Wildman–Crippen LogP) is 4.36. The van der Waals surface area contributed by atoms with Crippen molar-refractivity contribution in [1.29, 1.82) is 0 Å². The molecule has 4 rings (SSSR count). The van der Waals surface area contributed by atoms with Crippen LogP contribution in [0.5, 0.6) is 5.75 Å². The van der Waals surface area contributed by atoms with Crippen LogP contribution in [0.1, 0.15) is 42.1 Å². The third-order valence-electron chi connectivity index (χ3n) is 6.50. The molecule has 2 N–H and O–H groups in total. The molecule has 33 heavy (non-hydrogen) atoms. The van der Waals surface area contributed by atoms with E-state index < -0.39 is 18.8 Å². The Labute approximate surface area is 197 Å². The van der Waals surface area contributed by atoms with Crippen molar-refractivity contribution in [3.8, 4) is 5.75 Å². The number of aliphatic hydroxyl groups is 1. The molecule has 5 nitrogen and oxygen atoms in total. The van der Waals surface area contributed by atoms with Crippen LogP contribution in [0.3, 0.4) is 0 Å². The van der Waals surface area contributed by atoms with Gasteiger partial charge >= 0.3 is 6.61 Å². The molecule has 178 valence electrons. The fraction of sp³-hybridized carbons (Fsp3) is 0.480. The lowest BCUT2D eigenvalue weighted by atomic mass is 9.99. The molecule has 2 atom stereocenters. The highest BCUT2D eigenvalue weighted by atomic mass is 35.5. The van der Waals surface area contributed by atoms with Crippen LogP contribution in [0, 0.1) is 5.92 Å². The quantitative estimate of drug-likeness (QED) is 0.562. The molecule has 0 bridgehead atoms. The Morgan fingerprint density at radius 1 is 1.15 bits per heavy atom. The number of nitrogens with zero attached hydrogens (tertiary/aromatic N) is 1. The number of carbonyl (C=O) groups is 1. The third kappa shape index (κ3) is 6.22. The number of likely N-dealkylation sites (tertiary alicyclic amines) is 1. The molecule has 2 aromatic rings. The first-order chi connectivity index (χ1) is 15.9. The lowest BCUT2D eigenvalue weighted by Crippen LogP contribution is -2.47. The first kappa shape index (κ1) is 23.9. The van der Waals surface area contributed by atoms with Crippen LogP contribution >= 0.6 is 11.6 Å². The van der Waals surface area contributed by atoms with E-state index in [-0.39, 0.29) is 22.6 Å². The topological polar surface area (TPSA) is 61.8 Å². The molecular weight excluding hydrogens is 450 g/mol. The summed E-state index contributed by atoms with van der Waals surface area (Å²) in [7, 11) is 0. The molecule has 0 aromatic heterocycles. The number of rotatable bonds is 9. The van der Waals surface area contributed by atoms with Crippen LogP contribution in [-0.4, -0.2) is 48.2 Å². The van der Waals surface area contributed by atoms with Crippen molar-refractivity contribution in [1.82, 2.24) is 10.2 Å². The maximum absolute atomic E-state index is 12.9. The maximum atomic E-state index is 12.9. The van der Waals surface area contributed by atoms with Crippen molar-refractivity contribution in [2.75, 3.05) is 19.6 Å². The van der Waals surface area contributed by atoms with E-state index in [2.05, 4.69) is 27.1 Å². The third-order valence-corrected chi connectivity index (χ3v) is 6.80. The zero-order valence-corrected chi connectivity index (χ0v) is 19.1. The van der Waals surface area contributed by atoms with Gasteiger partial charge in [-0.3, -0.25) is 4.79 Å². The lowest BCUT2D eigenvalue weighted by molar-refractivity contribution is -0.123. The van der Waals surface area contributed by atoms with Crippen LogP contribution in [-0.2, 0) is 17.6 Å². The van der Waals surface area contributed by atoms with E-state index in [0.29, 0.717) is 18.5 Å². The number of amides is 1. The summed E-state index contributed by atoms with van der Waals surface area (Å²) in [5.41, 5.74) is 3.04. The van der Waals surface area contributed by atoms with E-state index in [0.717, 1.165) is 38.8 Å². The van der Waals surface area contributed by atoms with Gasteiger partial charge in [0.1, 0.15) is 11.9 Å². The standard InChI is InChI=1S/C25H29ClF2N2O3/c26-20-14-19(7-8-22(20)33-25(27)28)24(32)21(15-30-9-3-4-10-30)29-23(31)13-16-11-17-5-1-2-6-18(17)12-16/h1-2,5-8,14,16,21,24-25,32H,3-4,9-13,15H2,(H,29,31)/t21-,24-/m1/s1. The second kappa shape index (κ2) is 10.8. The highest BCUT2D eigenvalue weighted by Gasteiger charge is 2.29. The minimum absolute atomic E-state index is 0.0122. The molecule has 1 aliphatic carbocycles. The molecule has 2 aliphatic rings. The van der Waals surface area contributed by atoms with E-state index in [4.69, 9.17) is 11.6 Å². The Bertz CT molecular complexity index is 943. The first-order valence-electron chi connectivity index (χ1n) is 11.4. The average Bonchev–Trinajstić information content (AvgIpc) is 3.43. The van der Waals surface area contributed by atoms with Gasteiger partial charge in [0.2, 0.25) is 5.91 Å². The number of carbonyl (C=O) groups excluding carboxylic acids is 1. The molecule has 8 heteroatoms. The molecular formula is C25H29ClF2N2O3. The molecule has 0 unspecified atom stereocenters. The molecule has 0 radical (unpaired) electrons. The van der Waals surface area contributed by atoms with E-state index in [1.807, 2.05) is 12.1 Å². The van der Waals surface area contributed by atoms with Crippen molar-refractivity contribution < 1.29 is 23.4 Å². The minimum Gasteiger partial charge on any atom is -0.433 e. The van der Waals surface area contributed by atoms with Gasteiger partial charge in [0.25, 0.3) is 0 Å². The normalized spacial score (nSPS) is 18.3. The minimum atomic E-state index is -2.98. The van der Waals surface area contributed by atoms with Gasteiger partial charge in [-0.2, -0.15) is 8.78 Å². The Kier molecular flexibility index (Phi) is 7.83. The molecule has 2 aromatic carbocycles. The summed E-state index contributed by atoms with van der Waals surface area (Å²) in [6, 6.07) is 12.0. The Morgan fingerprint density at radius 2 is 1.82 bits per heavy atom. The molecule has 0 spiro atoms. The lowest BCUT2D eigenvalue weighted by Gasteiger charge is -2.29. The Hall–Kier alpha value is -2.22. The molecule has 1 fully saturated rings. The van der Waals surface area contributed by atoms with Gasteiger partial charge in [-0.05, 0) is 73.5 Å². The maximum Gasteiger partial charge on any atom is 0.387 e. The molecule has 1 amide bonds. The van der Waals surface area contributed by atoms with Crippen LogP contribution in [0.4, 0.5) is 8.78 Å². The van der Waals surface area contributed by atoms with Crippen LogP contribution in [0.25, 0.3) is 0 Å². The van der Waals surface area contributed by atoms with Gasteiger partial charge in [-0.1, -0.05) is 41.9 Å². The van der Waals surface area contributed by atoms with Crippen molar-refractivity contribution in [3.05, 3.63) is 64.2 Å². The number of aliphatic hydroxyl groups excluding tert-OH is 1. The fourth-order valence-electron chi connectivity index (χ4n) is 4.91. The van der Waals surface area contributed by atoms with Crippen LogP contribution < -0.4 is 10.1 Å². The van der Waals surface area contributed by atoms with Gasteiger partial charge in [-0.25, -0.2) is 0 Å². The predicted molar refractivity (Wildman–Crippen MR) is 123 cm³/mol. The second-order valence-electron chi connectivity index (χ2n) is 8.94. The van der Waals surface area contributed by atoms with Crippen LogP contribution in [0.2, 0.25) is 5.02 Å². The van der Waals surface area contributed by atoms with Crippen molar-refractivity contribution in [3.63, 3.8) is 0 Å². The number of hydrogen-bond donors (Lipinski definition) is 2. The summed E-state index contributed by atoms with van der Waals surface area (Å²) < 4.78 is 29.4. The van der Waals surface area contributed by atoms with Gasteiger partial charge in [0.05, 0.1) is 11.1 Å². The van der Waals surface area contributed by atoms with Crippen molar-refractivity contribution >= 4 is 17.5 Å². The number of halogens is 3. The van der Waals surface area contributed by atoms with E-state index in [9.17, 15) is 18.7 Å². The monoisotopic (exact) mass is 478 g/mol. The largest absolute Gasteiger partial charge is 0.433 e. The fourth-order valence-corrected chi connectivity index (χ4v) is 5.15. The SMILES string of the molecule is O=C(CC1Cc2ccccc2C1)N[C@H](CN1CCCC1)[C@H](O)c1ccc(OC(F)F)c(Cl)c1. The smallest absolute Gasteiger partial charge is 0.387 e. The highest BCUT2D eigenvalue weighted by Crippen LogP contribution is 2.31. The van der Waals surface area contributed by atoms with E-state index in [1.54, 1.807) is 0 Å². The highest BCUT2D eigenvalue weighted by molar-refractivity contribution is 6.32. The van der Waals surface area contributed by atoms with Gasteiger partial charge < -0.3 is 20.1 Å². The summed E-state index contributed by atoms with van der Waals surface area (Å²) >= 11 is 6.09. The first-order valence-corrected chi connectivity index (χ1v) is 11.8. The number of alkyl halides is 2. The number of fused-ring (bicyclic) bond motifs is 1. The Morgan fingerprint density at radius 3 is 2.42 bits per heavy atom. The van der Waals surface area contributed by atoms with Gasteiger partial charge in [0.15, 0.2) is 0 Å². The van der Waals surface area contributed by atoms with Gasteiger partial charge in [-0.15, -0.1) is 0 Å². The number of ether oxygens (including phenoxy) is 1.